The van der Waals surface area contributed by atoms with Crippen LogP contribution in [0, 0.1) is 11.6 Å². The smallest absolute Gasteiger partial charge is 0.431 e. The summed E-state index contributed by atoms with van der Waals surface area (Å²) in [6.45, 7) is -3.55. The molecule has 0 saturated heterocycles. The molecule has 0 atom stereocenters. The topological polar surface area (TPSA) is 18.5 Å². The van der Waals surface area contributed by atoms with Gasteiger partial charge < -0.3 is 9.47 Å². The van der Waals surface area contributed by atoms with Crippen LogP contribution in [0.15, 0.2) is 12.1 Å². The molecule has 0 bridgehead atoms. The van der Waals surface area contributed by atoms with Crippen molar-refractivity contribution in [2.75, 3.05) is 0 Å². The van der Waals surface area contributed by atoms with E-state index in [1.54, 1.807) is 0 Å². The van der Waals surface area contributed by atoms with Crippen molar-refractivity contribution in [3.05, 3.63) is 23.8 Å². The van der Waals surface area contributed by atoms with Crippen molar-refractivity contribution in [3.63, 3.8) is 0 Å². The summed E-state index contributed by atoms with van der Waals surface area (Å²) in [7, 11) is 0. The Bertz CT molecular complexity index is 402. The molecule has 0 aliphatic rings. The third-order valence-corrected chi connectivity index (χ3v) is 1.41. The molecule has 0 N–H and O–H groups in total. The zero-order valence-electron chi connectivity index (χ0n) is 7.69. The summed E-state index contributed by atoms with van der Waals surface area (Å²) in [5.41, 5.74) is 0. The molecule has 0 spiro atoms. The zero-order chi connectivity index (χ0) is 13.2. The van der Waals surface area contributed by atoms with Crippen LogP contribution >= 0.6 is 0 Å². The third-order valence-electron chi connectivity index (χ3n) is 1.41. The number of alkyl halides is 5. The lowest BCUT2D eigenvalue weighted by Gasteiger charge is -2.14. The SMILES string of the molecule is Fc1cc(F)c(OC(F)(F)F)c(OC(F)F)c1. The van der Waals surface area contributed by atoms with Crippen LogP contribution in [-0.2, 0) is 0 Å². The van der Waals surface area contributed by atoms with Crippen molar-refractivity contribution in [2.24, 2.45) is 0 Å². The molecule has 0 aliphatic heterocycles. The van der Waals surface area contributed by atoms with Crippen LogP contribution in [0.5, 0.6) is 11.5 Å². The maximum absolute atomic E-state index is 12.9. The van der Waals surface area contributed by atoms with E-state index in [1.807, 2.05) is 0 Å². The van der Waals surface area contributed by atoms with Gasteiger partial charge in [0.15, 0.2) is 11.6 Å². The fourth-order valence-electron chi connectivity index (χ4n) is 0.935. The molecule has 9 heteroatoms. The Morgan fingerprint density at radius 2 is 1.65 bits per heavy atom. The molecule has 0 radical (unpaired) electrons. The molecular weight excluding hydrogens is 261 g/mol. The third kappa shape index (κ3) is 4.00. The first-order valence-corrected chi connectivity index (χ1v) is 3.88. The summed E-state index contributed by atoms with van der Waals surface area (Å²) in [5, 5.41) is 0. The molecule has 2 nitrogen and oxygen atoms in total. The van der Waals surface area contributed by atoms with Crippen molar-refractivity contribution in [1.82, 2.24) is 0 Å². The minimum atomic E-state index is -5.32. The Morgan fingerprint density at radius 1 is 1.06 bits per heavy atom. The van der Waals surface area contributed by atoms with Crippen LogP contribution in [0.1, 0.15) is 0 Å². The molecule has 1 aromatic rings. The van der Waals surface area contributed by atoms with Crippen LogP contribution in [0.25, 0.3) is 0 Å². The fourth-order valence-corrected chi connectivity index (χ4v) is 0.935. The van der Waals surface area contributed by atoms with Crippen molar-refractivity contribution < 1.29 is 40.2 Å². The zero-order valence-corrected chi connectivity index (χ0v) is 7.69. The first kappa shape index (κ1) is 13.4. The van der Waals surface area contributed by atoms with Crippen molar-refractivity contribution in [3.8, 4) is 11.5 Å². The Kier molecular flexibility index (Phi) is 3.69. The maximum Gasteiger partial charge on any atom is 0.573 e. The minimum absolute atomic E-state index is 0.0411. The number of hydrogen-bond acceptors (Lipinski definition) is 2. The van der Waals surface area contributed by atoms with Crippen molar-refractivity contribution in [1.29, 1.82) is 0 Å². The Morgan fingerprint density at radius 3 is 2.12 bits per heavy atom. The van der Waals surface area contributed by atoms with Crippen molar-refractivity contribution in [2.45, 2.75) is 13.0 Å². The Hall–Kier alpha value is -1.67. The standard InChI is InChI=1S/C8H3F7O2/c9-3-1-4(10)6(17-8(13,14)15)5(2-3)16-7(11)12/h1-2,7H. The Balaban J connectivity index is 3.16. The maximum atomic E-state index is 12.9. The average Bonchev–Trinajstić information content (AvgIpc) is 2.08. The van der Waals surface area contributed by atoms with Gasteiger partial charge in [0.2, 0.25) is 5.75 Å². The molecule has 17 heavy (non-hydrogen) atoms. The summed E-state index contributed by atoms with van der Waals surface area (Å²) in [4.78, 5) is 0. The van der Waals surface area contributed by atoms with E-state index in [9.17, 15) is 30.7 Å². The summed E-state index contributed by atoms with van der Waals surface area (Å²) >= 11 is 0. The summed E-state index contributed by atoms with van der Waals surface area (Å²) < 4.78 is 91.2. The lowest BCUT2D eigenvalue weighted by Crippen LogP contribution is -2.19. The van der Waals surface area contributed by atoms with E-state index in [0.29, 0.717) is 0 Å². The summed E-state index contributed by atoms with van der Waals surface area (Å²) in [5.74, 6) is -6.22. The summed E-state index contributed by atoms with van der Waals surface area (Å²) in [6, 6.07) is 0.190. The molecule has 0 amide bonds. The van der Waals surface area contributed by atoms with Gasteiger partial charge >= 0.3 is 13.0 Å². The molecular formula is C8H3F7O2. The van der Waals surface area contributed by atoms with Gasteiger partial charge in [-0.2, -0.15) is 8.78 Å². The predicted octanol–water partition coefficient (Wildman–Crippen LogP) is 3.46. The van der Waals surface area contributed by atoms with Crippen LogP contribution in [-0.4, -0.2) is 13.0 Å². The molecule has 0 heterocycles. The fraction of sp³-hybridized carbons (Fsp3) is 0.250. The molecule has 0 fully saturated rings. The molecule has 0 unspecified atom stereocenters. The number of rotatable bonds is 3. The van der Waals surface area contributed by atoms with Gasteiger partial charge in [-0.05, 0) is 0 Å². The largest absolute Gasteiger partial charge is 0.573 e. The van der Waals surface area contributed by atoms with Crippen molar-refractivity contribution >= 4 is 0 Å². The molecule has 1 aromatic carbocycles. The number of ether oxygens (including phenoxy) is 2. The number of halogens is 7. The molecule has 0 aliphatic carbocycles. The molecule has 0 saturated carbocycles. The lowest BCUT2D eigenvalue weighted by atomic mass is 10.3. The number of hydrogen-bond donors (Lipinski definition) is 0. The van der Waals surface area contributed by atoms with Gasteiger partial charge in [-0.3, -0.25) is 0 Å². The van der Waals surface area contributed by atoms with Gasteiger partial charge in [0.25, 0.3) is 0 Å². The Labute approximate surface area is 89.5 Å². The van der Waals surface area contributed by atoms with Gasteiger partial charge in [-0.1, -0.05) is 0 Å². The summed E-state index contributed by atoms with van der Waals surface area (Å²) in [6.07, 6.45) is -5.32. The van der Waals surface area contributed by atoms with E-state index in [2.05, 4.69) is 9.47 Å². The molecule has 96 valence electrons. The second kappa shape index (κ2) is 4.68. The highest BCUT2D eigenvalue weighted by Crippen LogP contribution is 2.36. The van der Waals surface area contributed by atoms with E-state index in [-0.39, 0.29) is 12.1 Å². The van der Waals surface area contributed by atoms with Gasteiger partial charge in [-0.25, -0.2) is 8.78 Å². The van der Waals surface area contributed by atoms with Crippen LogP contribution in [0.4, 0.5) is 30.7 Å². The average molecular weight is 264 g/mol. The van der Waals surface area contributed by atoms with E-state index in [4.69, 9.17) is 0 Å². The normalized spacial score (nSPS) is 11.8. The van der Waals surface area contributed by atoms with Gasteiger partial charge in [0.1, 0.15) is 5.82 Å². The highest BCUT2D eigenvalue weighted by Gasteiger charge is 2.34. The highest BCUT2D eigenvalue weighted by molar-refractivity contribution is 5.41. The quantitative estimate of drug-likeness (QED) is 0.778. The monoisotopic (exact) mass is 264 g/mol. The van der Waals surface area contributed by atoms with E-state index in [1.165, 1.54) is 0 Å². The molecule has 1 rings (SSSR count). The minimum Gasteiger partial charge on any atom is -0.431 e. The van der Waals surface area contributed by atoms with Crippen LogP contribution in [0.2, 0.25) is 0 Å². The second-order valence-electron chi connectivity index (χ2n) is 2.64. The second-order valence-corrected chi connectivity index (χ2v) is 2.64. The highest BCUT2D eigenvalue weighted by atomic mass is 19.4. The van der Waals surface area contributed by atoms with Gasteiger partial charge in [0, 0.05) is 12.1 Å². The molecule has 0 aromatic heterocycles. The van der Waals surface area contributed by atoms with E-state index >= 15 is 0 Å². The van der Waals surface area contributed by atoms with E-state index in [0.717, 1.165) is 0 Å². The number of benzene rings is 1. The van der Waals surface area contributed by atoms with Gasteiger partial charge in [0.05, 0.1) is 0 Å². The first-order chi connectivity index (χ1) is 7.69. The van der Waals surface area contributed by atoms with Crippen LogP contribution < -0.4 is 9.47 Å². The lowest BCUT2D eigenvalue weighted by molar-refractivity contribution is -0.276. The van der Waals surface area contributed by atoms with Crippen LogP contribution in [0.3, 0.4) is 0 Å². The predicted molar refractivity (Wildman–Crippen MR) is 39.7 cm³/mol. The van der Waals surface area contributed by atoms with E-state index < -0.39 is 36.1 Å². The van der Waals surface area contributed by atoms with Gasteiger partial charge in [-0.15, -0.1) is 13.2 Å². The first-order valence-electron chi connectivity index (χ1n) is 3.88.